The minimum Gasteiger partial charge on any atom is -0.382 e. The van der Waals surface area contributed by atoms with E-state index in [0.29, 0.717) is 0 Å². The van der Waals surface area contributed by atoms with Gasteiger partial charge in [0.05, 0.1) is 0 Å². The third kappa shape index (κ3) is 8.20. The normalized spacial score (nSPS) is 11.4. The second-order valence-corrected chi connectivity index (χ2v) is 5.75. The first-order valence-electron chi connectivity index (χ1n) is 9.05. The summed E-state index contributed by atoms with van der Waals surface area (Å²) >= 11 is 0. The van der Waals surface area contributed by atoms with Gasteiger partial charge in [0.1, 0.15) is 0 Å². The van der Waals surface area contributed by atoms with E-state index in [2.05, 4.69) is 58.6 Å². The second-order valence-electron chi connectivity index (χ2n) is 5.75. The van der Waals surface area contributed by atoms with E-state index in [9.17, 15) is 0 Å². The number of unbranched alkanes of at least 4 members (excludes halogenated alkanes) is 1. The van der Waals surface area contributed by atoms with Gasteiger partial charge in [-0.2, -0.15) is 0 Å². The van der Waals surface area contributed by atoms with Gasteiger partial charge in [0.25, 0.3) is 0 Å². The molecule has 1 aromatic carbocycles. The first kappa shape index (κ1) is 20.3. The van der Waals surface area contributed by atoms with E-state index < -0.39 is 0 Å². The average molecular weight is 335 g/mol. The van der Waals surface area contributed by atoms with Crippen LogP contribution in [0.25, 0.3) is 0 Å². The van der Waals surface area contributed by atoms with Crippen LogP contribution in [0.3, 0.4) is 0 Å². The van der Waals surface area contributed by atoms with E-state index in [-0.39, 0.29) is 0 Å². The molecule has 5 nitrogen and oxygen atoms in total. The van der Waals surface area contributed by atoms with Gasteiger partial charge in [0, 0.05) is 52.1 Å². The maximum atomic E-state index is 5.34. The summed E-state index contributed by atoms with van der Waals surface area (Å²) in [5.74, 6) is 0.867. The Labute approximate surface area is 147 Å². The molecule has 0 atom stereocenters. The van der Waals surface area contributed by atoms with Gasteiger partial charge in [-0.15, -0.1) is 0 Å². The van der Waals surface area contributed by atoms with Gasteiger partial charge in [-0.05, 0) is 51.3 Å². The maximum Gasteiger partial charge on any atom is 0.191 e. The maximum absolute atomic E-state index is 5.34. The zero-order chi connectivity index (χ0) is 17.6. The number of hydrogen-bond donors (Lipinski definition) is 2. The Hall–Kier alpha value is -1.75. The van der Waals surface area contributed by atoms with Gasteiger partial charge in [-0.3, -0.25) is 4.99 Å². The highest BCUT2D eigenvalue weighted by molar-refractivity contribution is 5.79. The standard InChI is InChI=1S/C19H34N4O/c1-5-23(18-11-9-10-17(3)16-18)14-13-22-19(20-4)21-12-7-8-15-24-6-2/h9-11,16H,5-8,12-15H2,1-4H3,(H2,20,21,22). The van der Waals surface area contributed by atoms with E-state index in [1.54, 1.807) is 0 Å². The molecule has 5 heteroatoms. The Bertz CT molecular complexity index is 476. The van der Waals surface area contributed by atoms with Crippen LogP contribution in [-0.4, -0.2) is 52.4 Å². The smallest absolute Gasteiger partial charge is 0.191 e. The van der Waals surface area contributed by atoms with Gasteiger partial charge in [-0.1, -0.05) is 12.1 Å². The molecule has 0 heterocycles. The molecule has 0 aromatic heterocycles. The average Bonchev–Trinajstić information content (AvgIpc) is 2.59. The molecule has 0 aliphatic rings. The Balaban J connectivity index is 2.27. The number of benzene rings is 1. The summed E-state index contributed by atoms with van der Waals surface area (Å²) in [4.78, 5) is 6.65. The first-order valence-corrected chi connectivity index (χ1v) is 9.05. The highest BCUT2D eigenvalue weighted by atomic mass is 16.5. The van der Waals surface area contributed by atoms with Crippen LogP contribution in [0.2, 0.25) is 0 Å². The second kappa shape index (κ2) is 12.6. The van der Waals surface area contributed by atoms with Crippen LogP contribution in [0.1, 0.15) is 32.3 Å². The van der Waals surface area contributed by atoms with Gasteiger partial charge in [0.2, 0.25) is 0 Å². The zero-order valence-corrected chi connectivity index (χ0v) is 15.8. The van der Waals surface area contributed by atoms with Crippen molar-refractivity contribution in [3.63, 3.8) is 0 Å². The fourth-order valence-electron chi connectivity index (χ4n) is 2.50. The number of nitrogens with one attached hydrogen (secondary N) is 2. The van der Waals surface area contributed by atoms with Crippen LogP contribution in [0.15, 0.2) is 29.3 Å². The molecule has 0 amide bonds. The van der Waals surface area contributed by atoms with Crippen LogP contribution >= 0.6 is 0 Å². The fraction of sp³-hybridized carbons (Fsp3) is 0.632. The third-order valence-electron chi connectivity index (χ3n) is 3.86. The number of nitrogens with zero attached hydrogens (tertiary/aromatic N) is 2. The summed E-state index contributed by atoms with van der Waals surface area (Å²) in [5.41, 5.74) is 2.57. The SMILES string of the molecule is CCOCCCCNC(=NC)NCCN(CC)c1cccc(C)c1. The fourth-order valence-corrected chi connectivity index (χ4v) is 2.50. The lowest BCUT2D eigenvalue weighted by molar-refractivity contribution is 0.143. The van der Waals surface area contributed by atoms with Crippen LogP contribution in [0, 0.1) is 6.92 Å². The molecule has 0 aliphatic carbocycles. The highest BCUT2D eigenvalue weighted by Gasteiger charge is 2.04. The lowest BCUT2D eigenvalue weighted by Crippen LogP contribution is -2.42. The summed E-state index contributed by atoms with van der Waals surface area (Å²) in [5, 5.41) is 6.74. The predicted octanol–water partition coefficient (Wildman–Crippen LogP) is 2.80. The highest BCUT2D eigenvalue weighted by Crippen LogP contribution is 2.14. The summed E-state index contributed by atoms with van der Waals surface area (Å²) < 4.78 is 5.34. The molecule has 2 N–H and O–H groups in total. The Morgan fingerprint density at radius 1 is 1.17 bits per heavy atom. The molecule has 136 valence electrons. The van der Waals surface area contributed by atoms with E-state index in [1.165, 1.54) is 11.3 Å². The summed E-state index contributed by atoms with van der Waals surface area (Å²) in [6.07, 6.45) is 2.17. The molecule has 0 spiro atoms. The lowest BCUT2D eigenvalue weighted by atomic mass is 10.2. The summed E-state index contributed by atoms with van der Waals surface area (Å²) in [6, 6.07) is 8.65. The molecule has 0 radical (unpaired) electrons. The quantitative estimate of drug-likeness (QED) is 0.371. The number of rotatable bonds is 11. The molecule has 1 rings (SSSR count). The van der Waals surface area contributed by atoms with Crippen LogP contribution in [0.5, 0.6) is 0 Å². The summed E-state index contributed by atoms with van der Waals surface area (Å²) in [7, 11) is 1.81. The molecule has 0 saturated heterocycles. The molecule has 0 aliphatic heterocycles. The number of likely N-dealkylation sites (N-methyl/N-ethyl adjacent to an activating group) is 1. The number of aryl methyl sites for hydroxylation is 1. The van der Waals surface area contributed by atoms with Crippen molar-refractivity contribution in [3.8, 4) is 0 Å². The Kier molecular flexibility index (Phi) is 10.7. The first-order chi connectivity index (χ1) is 11.7. The molecule has 1 aromatic rings. The van der Waals surface area contributed by atoms with Crippen molar-refractivity contribution in [1.29, 1.82) is 0 Å². The molecule has 0 bridgehead atoms. The van der Waals surface area contributed by atoms with Crippen LogP contribution < -0.4 is 15.5 Å². The predicted molar refractivity (Wildman–Crippen MR) is 104 cm³/mol. The Morgan fingerprint density at radius 2 is 1.96 bits per heavy atom. The molecule has 0 saturated carbocycles. The number of guanidine groups is 1. The minimum atomic E-state index is 0.797. The molecular weight excluding hydrogens is 300 g/mol. The third-order valence-corrected chi connectivity index (χ3v) is 3.86. The van der Waals surface area contributed by atoms with Gasteiger partial charge in [-0.25, -0.2) is 0 Å². The van der Waals surface area contributed by atoms with Crippen molar-refractivity contribution < 1.29 is 4.74 Å². The largest absolute Gasteiger partial charge is 0.382 e. The number of anilines is 1. The summed E-state index contributed by atoms with van der Waals surface area (Å²) in [6.45, 7) is 11.7. The zero-order valence-electron chi connectivity index (χ0n) is 15.8. The van der Waals surface area contributed by atoms with Crippen LogP contribution in [0.4, 0.5) is 5.69 Å². The van der Waals surface area contributed by atoms with E-state index in [1.807, 2.05) is 14.0 Å². The number of hydrogen-bond acceptors (Lipinski definition) is 3. The van der Waals surface area contributed by atoms with Crippen molar-refractivity contribution in [2.45, 2.75) is 33.6 Å². The van der Waals surface area contributed by atoms with Gasteiger partial charge >= 0.3 is 0 Å². The molecule has 0 fully saturated rings. The van der Waals surface area contributed by atoms with Crippen molar-refractivity contribution in [3.05, 3.63) is 29.8 Å². The lowest BCUT2D eigenvalue weighted by Gasteiger charge is -2.24. The minimum absolute atomic E-state index is 0.797. The Morgan fingerprint density at radius 3 is 2.62 bits per heavy atom. The number of ether oxygens (including phenoxy) is 1. The van der Waals surface area contributed by atoms with Crippen molar-refractivity contribution in [2.75, 3.05) is 51.3 Å². The molecule has 24 heavy (non-hydrogen) atoms. The van der Waals surface area contributed by atoms with E-state index in [4.69, 9.17) is 4.74 Å². The van der Waals surface area contributed by atoms with E-state index in [0.717, 1.165) is 58.2 Å². The monoisotopic (exact) mass is 334 g/mol. The van der Waals surface area contributed by atoms with Crippen molar-refractivity contribution >= 4 is 11.6 Å². The van der Waals surface area contributed by atoms with Crippen LogP contribution in [-0.2, 0) is 4.74 Å². The van der Waals surface area contributed by atoms with E-state index >= 15 is 0 Å². The van der Waals surface area contributed by atoms with Gasteiger partial charge in [0.15, 0.2) is 5.96 Å². The molecular formula is C19H34N4O. The van der Waals surface area contributed by atoms with Crippen molar-refractivity contribution in [2.24, 2.45) is 4.99 Å². The molecule has 0 unspecified atom stereocenters. The van der Waals surface area contributed by atoms with Crippen molar-refractivity contribution in [1.82, 2.24) is 10.6 Å². The topological polar surface area (TPSA) is 48.9 Å². The van der Waals surface area contributed by atoms with Gasteiger partial charge < -0.3 is 20.3 Å². The number of aliphatic imine (C=N–C) groups is 1.